The fraction of sp³-hybridized carbons (Fsp3) is 0. The molecule has 0 atom stereocenters. The van der Waals surface area contributed by atoms with Crippen LogP contribution in [0.1, 0.15) is 0 Å². The van der Waals surface area contributed by atoms with E-state index < -0.39 is 0 Å². The maximum Gasteiger partial charge on any atom is -0.00139 e. The van der Waals surface area contributed by atoms with E-state index in [2.05, 4.69) is 170 Å². The Balaban J connectivity index is 1.48. The van der Waals surface area contributed by atoms with Crippen molar-refractivity contribution in [1.82, 2.24) is 0 Å². The van der Waals surface area contributed by atoms with E-state index >= 15 is 0 Å². The van der Waals surface area contributed by atoms with E-state index in [4.69, 9.17) is 0 Å². The van der Waals surface area contributed by atoms with Gasteiger partial charge in [0.1, 0.15) is 0 Å². The Morgan fingerprint density at radius 3 is 1.39 bits per heavy atom. The molecular weight excluding hydrogens is 528 g/mol. The smallest absolute Gasteiger partial charge is 0.00139 e. The van der Waals surface area contributed by atoms with E-state index in [1.807, 2.05) is 0 Å². The van der Waals surface area contributed by atoms with Gasteiger partial charge in [0, 0.05) is 0 Å². The average Bonchev–Trinajstić information content (AvgIpc) is 3.09. The van der Waals surface area contributed by atoms with Crippen molar-refractivity contribution in [3.63, 3.8) is 0 Å². The van der Waals surface area contributed by atoms with Crippen LogP contribution < -0.4 is 0 Å². The summed E-state index contributed by atoms with van der Waals surface area (Å²) >= 11 is 0. The molecule has 0 heterocycles. The van der Waals surface area contributed by atoms with Crippen LogP contribution in [0, 0.1) is 0 Å². The lowest BCUT2D eigenvalue weighted by Gasteiger charge is -2.21. The standard InChI is InChI=1S/C44H28/c1-3-14-32-27-34(25-23-29(32)11-1)42-39-18-7-8-19-40(39)43(35-26-24-30-12-2-4-15-33(30)28-35)44-38(21-10-22-41(42)44)37-20-9-16-31-13-5-6-17-36(31)37/h1-28H. The van der Waals surface area contributed by atoms with Gasteiger partial charge in [-0.1, -0.05) is 158 Å². The first kappa shape index (κ1) is 24.8. The Morgan fingerprint density at radius 2 is 0.705 bits per heavy atom. The predicted octanol–water partition coefficient (Wildman–Crippen LogP) is 12.5. The highest BCUT2D eigenvalue weighted by Crippen LogP contribution is 2.48. The van der Waals surface area contributed by atoms with Crippen molar-refractivity contribution in [3.8, 4) is 33.4 Å². The number of hydrogen-bond donors (Lipinski definition) is 0. The molecule has 0 fully saturated rings. The summed E-state index contributed by atoms with van der Waals surface area (Å²) in [5.74, 6) is 0. The first-order valence-electron chi connectivity index (χ1n) is 15.3. The van der Waals surface area contributed by atoms with Crippen LogP contribution in [0.15, 0.2) is 170 Å². The van der Waals surface area contributed by atoms with Crippen molar-refractivity contribution in [1.29, 1.82) is 0 Å². The second-order valence-electron chi connectivity index (χ2n) is 11.7. The lowest BCUT2D eigenvalue weighted by atomic mass is 9.82. The van der Waals surface area contributed by atoms with Gasteiger partial charge in [0.2, 0.25) is 0 Å². The molecule has 0 aliphatic rings. The minimum Gasteiger partial charge on any atom is -0.0616 e. The Labute approximate surface area is 256 Å². The molecule has 9 aromatic rings. The van der Waals surface area contributed by atoms with Gasteiger partial charge < -0.3 is 0 Å². The molecule has 0 saturated heterocycles. The van der Waals surface area contributed by atoms with Crippen LogP contribution in [-0.4, -0.2) is 0 Å². The average molecular weight is 557 g/mol. The van der Waals surface area contributed by atoms with Crippen molar-refractivity contribution in [2.24, 2.45) is 0 Å². The lowest BCUT2D eigenvalue weighted by molar-refractivity contribution is 1.66. The van der Waals surface area contributed by atoms with Gasteiger partial charge in [0.25, 0.3) is 0 Å². The highest BCUT2D eigenvalue weighted by Gasteiger charge is 2.20. The Bertz CT molecular complexity index is 2550. The van der Waals surface area contributed by atoms with Crippen molar-refractivity contribution in [2.45, 2.75) is 0 Å². The number of fused-ring (bicyclic) bond motifs is 5. The number of rotatable bonds is 3. The normalized spacial score (nSPS) is 11.6. The summed E-state index contributed by atoms with van der Waals surface area (Å²) in [6.07, 6.45) is 0. The van der Waals surface area contributed by atoms with Gasteiger partial charge in [-0.3, -0.25) is 0 Å². The lowest BCUT2D eigenvalue weighted by Crippen LogP contribution is -1.94. The zero-order chi connectivity index (χ0) is 29.0. The van der Waals surface area contributed by atoms with Crippen LogP contribution >= 0.6 is 0 Å². The van der Waals surface area contributed by atoms with Crippen molar-refractivity contribution < 1.29 is 0 Å². The number of hydrogen-bond acceptors (Lipinski definition) is 0. The third-order valence-electron chi connectivity index (χ3n) is 9.21. The molecule has 0 nitrogen and oxygen atoms in total. The van der Waals surface area contributed by atoms with E-state index in [1.54, 1.807) is 0 Å². The molecule has 9 rings (SSSR count). The minimum absolute atomic E-state index is 1.24. The van der Waals surface area contributed by atoms with Gasteiger partial charge in [-0.15, -0.1) is 0 Å². The molecule has 0 unspecified atom stereocenters. The van der Waals surface area contributed by atoms with Crippen molar-refractivity contribution in [3.05, 3.63) is 170 Å². The largest absolute Gasteiger partial charge is 0.0616 e. The molecule has 0 bridgehead atoms. The highest BCUT2D eigenvalue weighted by molar-refractivity contribution is 6.26. The molecule has 44 heavy (non-hydrogen) atoms. The Morgan fingerprint density at radius 1 is 0.250 bits per heavy atom. The molecular formula is C44H28. The van der Waals surface area contributed by atoms with E-state index in [0.717, 1.165) is 0 Å². The van der Waals surface area contributed by atoms with E-state index in [9.17, 15) is 0 Å². The van der Waals surface area contributed by atoms with Gasteiger partial charge in [0.05, 0.1) is 0 Å². The van der Waals surface area contributed by atoms with Crippen LogP contribution in [0.3, 0.4) is 0 Å². The van der Waals surface area contributed by atoms with E-state index in [-0.39, 0.29) is 0 Å². The van der Waals surface area contributed by atoms with Gasteiger partial charge in [-0.25, -0.2) is 0 Å². The Hall–Kier alpha value is -5.72. The molecule has 0 N–H and O–H groups in total. The molecule has 0 spiro atoms. The molecule has 0 radical (unpaired) electrons. The maximum atomic E-state index is 2.37. The first-order chi connectivity index (χ1) is 21.8. The quantitative estimate of drug-likeness (QED) is 0.190. The van der Waals surface area contributed by atoms with E-state index in [0.29, 0.717) is 0 Å². The zero-order valence-corrected chi connectivity index (χ0v) is 24.2. The van der Waals surface area contributed by atoms with Crippen LogP contribution in [0.5, 0.6) is 0 Å². The molecule has 0 aromatic heterocycles. The second kappa shape index (κ2) is 9.93. The molecule has 0 heteroatoms. The third kappa shape index (κ3) is 3.85. The molecule has 0 aliphatic heterocycles. The highest BCUT2D eigenvalue weighted by atomic mass is 14.2. The summed E-state index contributed by atoms with van der Waals surface area (Å²) in [4.78, 5) is 0. The minimum atomic E-state index is 1.24. The topological polar surface area (TPSA) is 0 Å². The van der Waals surface area contributed by atoms with Crippen molar-refractivity contribution >= 4 is 53.9 Å². The Kier molecular flexibility index (Phi) is 5.61. The van der Waals surface area contributed by atoms with Crippen LogP contribution in [0.4, 0.5) is 0 Å². The zero-order valence-electron chi connectivity index (χ0n) is 24.2. The van der Waals surface area contributed by atoms with Gasteiger partial charge in [0.15, 0.2) is 0 Å². The molecule has 9 aromatic carbocycles. The molecule has 0 amide bonds. The van der Waals surface area contributed by atoms with Crippen LogP contribution in [0.25, 0.3) is 87.2 Å². The molecule has 0 aliphatic carbocycles. The fourth-order valence-electron chi connectivity index (χ4n) is 7.21. The predicted molar refractivity (Wildman–Crippen MR) is 190 cm³/mol. The summed E-state index contributed by atoms with van der Waals surface area (Å²) in [5.41, 5.74) is 7.57. The molecule has 204 valence electrons. The summed E-state index contributed by atoms with van der Waals surface area (Å²) < 4.78 is 0. The molecule has 0 saturated carbocycles. The van der Waals surface area contributed by atoms with Gasteiger partial charge in [-0.05, 0) is 99.4 Å². The van der Waals surface area contributed by atoms with E-state index in [1.165, 1.54) is 87.2 Å². The maximum absolute atomic E-state index is 2.37. The second-order valence-corrected chi connectivity index (χ2v) is 11.7. The summed E-state index contributed by atoms with van der Waals surface area (Å²) in [5, 5.41) is 12.7. The number of benzene rings is 9. The monoisotopic (exact) mass is 556 g/mol. The van der Waals surface area contributed by atoms with Gasteiger partial charge >= 0.3 is 0 Å². The summed E-state index contributed by atoms with van der Waals surface area (Å²) in [6.45, 7) is 0. The SMILES string of the molecule is c1ccc2cc(-c3c4ccccc4c(-c4ccc5ccccc5c4)c4c(-c5cccc6ccccc56)cccc34)ccc2c1. The van der Waals surface area contributed by atoms with Crippen LogP contribution in [-0.2, 0) is 0 Å². The summed E-state index contributed by atoms with van der Waals surface area (Å²) in [7, 11) is 0. The fourth-order valence-corrected chi connectivity index (χ4v) is 7.21. The van der Waals surface area contributed by atoms with Gasteiger partial charge in [-0.2, -0.15) is 0 Å². The van der Waals surface area contributed by atoms with Crippen LogP contribution in [0.2, 0.25) is 0 Å². The third-order valence-corrected chi connectivity index (χ3v) is 9.21. The summed E-state index contributed by atoms with van der Waals surface area (Å²) in [6, 6.07) is 62.4. The first-order valence-corrected chi connectivity index (χ1v) is 15.3. The van der Waals surface area contributed by atoms with Crippen molar-refractivity contribution in [2.75, 3.05) is 0 Å².